The molecule has 1 heterocycles. The highest BCUT2D eigenvalue weighted by Crippen LogP contribution is 2.37. The van der Waals surface area contributed by atoms with Crippen LogP contribution in [0.1, 0.15) is 16.7 Å². The van der Waals surface area contributed by atoms with Gasteiger partial charge in [0.15, 0.2) is 0 Å². The summed E-state index contributed by atoms with van der Waals surface area (Å²) in [5, 5.41) is 0. The lowest BCUT2D eigenvalue weighted by atomic mass is 10.0. The molecule has 0 fully saturated rings. The van der Waals surface area contributed by atoms with Crippen molar-refractivity contribution >= 4 is 0 Å². The second-order valence-corrected chi connectivity index (χ2v) is 3.81. The molecule has 1 aromatic carbocycles. The molecule has 14 heavy (non-hydrogen) atoms. The summed E-state index contributed by atoms with van der Waals surface area (Å²) in [6.45, 7) is 2.18. The molecule has 0 aliphatic heterocycles. The topological polar surface area (TPSA) is 12.9 Å². The number of fused-ring (bicyclic) bond motifs is 3. The third-order valence-electron chi connectivity index (χ3n) is 2.97. The Morgan fingerprint density at radius 2 is 2.07 bits per heavy atom. The van der Waals surface area contributed by atoms with Crippen molar-refractivity contribution in [3.8, 4) is 11.1 Å². The van der Waals surface area contributed by atoms with Gasteiger partial charge in [-0.2, -0.15) is 0 Å². The maximum absolute atomic E-state index is 4.17. The first-order valence-electron chi connectivity index (χ1n) is 4.88. The molecule has 0 amide bonds. The third kappa shape index (κ3) is 0.925. The van der Waals surface area contributed by atoms with Crippen LogP contribution in [0.15, 0.2) is 36.7 Å². The Balaban J connectivity index is 2.33. The van der Waals surface area contributed by atoms with Gasteiger partial charge in [0.05, 0.1) is 0 Å². The minimum Gasteiger partial charge on any atom is -0.264 e. The Bertz CT molecular complexity index is 500. The van der Waals surface area contributed by atoms with E-state index >= 15 is 0 Å². The van der Waals surface area contributed by atoms with Crippen LogP contribution >= 0.6 is 0 Å². The van der Waals surface area contributed by atoms with E-state index in [9.17, 15) is 0 Å². The number of nitrogens with zero attached hydrogens (tertiary/aromatic N) is 1. The summed E-state index contributed by atoms with van der Waals surface area (Å²) in [6, 6.07) is 8.62. The number of pyridine rings is 1. The molecule has 1 aromatic heterocycles. The molecule has 0 saturated carbocycles. The summed E-state index contributed by atoms with van der Waals surface area (Å²) < 4.78 is 0. The second-order valence-electron chi connectivity index (χ2n) is 3.81. The van der Waals surface area contributed by atoms with E-state index in [2.05, 4.69) is 36.2 Å². The first-order chi connectivity index (χ1) is 6.86. The van der Waals surface area contributed by atoms with Crippen molar-refractivity contribution in [1.29, 1.82) is 0 Å². The van der Waals surface area contributed by atoms with Crippen LogP contribution in [0.3, 0.4) is 0 Å². The lowest BCUT2D eigenvalue weighted by molar-refractivity contribution is 1.18. The molecule has 0 unspecified atom stereocenters. The highest BCUT2D eigenvalue weighted by molar-refractivity contribution is 5.77. The van der Waals surface area contributed by atoms with Gasteiger partial charge in [0.25, 0.3) is 0 Å². The van der Waals surface area contributed by atoms with Crippen molar-refractivity contribution < 1.29 is 0 Å². The second kappa shape index (κ2) is 2.68. The van der Waals surface area contributed by atoms with Crippen LogP contribution in [0.25, 0.3) is 11.1 Å². The van der Waals surface area contributed by atoms with E-state index < -0.39 is 0 Å². The molecule has 0 saturated heterocycles. The standard InChI is InChI=1S/C13H11N/c1-9-3-2-4-12-11-5-6-14-8-10(11)7-13(9)12/h2-6,8H,7H2,1H3. The van der Waals surface area contributed by atoms with E-state index in [1.54, 1.807) is 0 Å². The molecule has 0 atom stereocenters. The summed E-state index contributed by atoms with van der Waals surface area (Å²) in [7, 11) is 0. The van der Waals surface area contributed by atoms with Crippen molar-refractivity contribution in [1.82, 2.24) is 4.98 Å². The van der Waals surface area contributed by atoms with Crippen LogP contribution in [0.2, 0.25) is 0 Å². The van der Waals surface area contributed by atoms with E-state index in [1.807, 2.05) is 12.4 Å². The zero-order chi connectivity index (χ0) is 9.54. The van der Waals surface area contributed by atoms with E-state index in [0.29, 0.717) is 0 Å². The maximum atomic E-state index is 4.17. The molecular weight excluding hydrogens is 170 g/mol. The van der Waals surface area contributed by atoms with Gasteiger partial charge in [-0.05, 0) is 40.8 Å². The van der Waals surface area contributed by atoms with Crippen molar-refractivity contribution in [2.24, 2.45) is 0 Å². The van der Waals surface area contributed by atoms with Gasteiger partial charge in [-0.3, -0.25) is 4.98 Å². The van der Waals surface area contributed by atoms with Crippen molar-refractivity contribution in [3.05, 3.63) is 53.3 Å². The molecule has 0 N–H and O–H groups in total. The highest BCUT2D eigenvalue weighted by atomic mass is 14.6. The first kappa shape index (κ1) is 7.74. The van der Waals surface area contributed by atoms with Crippen molar-refractivity contribution in [2.75, 3.05) is 0 Å². The van der Waals surface area contributed by atoms with Crippen LogP contribution in [-0.2, 0) is 6.42 Å². The van der Waals surface area contributed by atoms with Gasteiger partial charge in [0.2, 0.25) is 0 Å². The van der Waals surface area contributed by atoms with Crippen molar-refractivity contribution in [2.45, 2.75) is 13.3 Å². The SMILES string of the molecule is Cc1cccc2c1Cc1cnccc1-2. The summed E-state index contributed by atoms with van der Waals surface area (Å²) in [4.78, 5) is 4.17. The fraction of sp³-hybridized carbons (Fsp3) is 0.154. The number of aryl methyl sites for hydroxylation is 1. The molecule has 68 valence electrons. The molecular formula is C13H11N. The Morgan fingerprint density at radius 3 is 3.00 bits per heavy atom. The number of rotatable bonds is 0. The van der Waals surface area contributed by atoms with E-state index in [0.717, 1.165) is 6.42 Å². The van der Waals surface area contributed by atoms with Crippen molar-refractivity contribution in [3.63, 3.8) is 0 Å². The van der Waals surface area contributed by atoms with Gasteiger partial charge in [-0.1, -0.05) is 18.2 Å². The third-order valence-corrected chi connectivity index (χ3v) is 2.97. The van der Waals surface area contributed by atoms with E-state index in [4.69, 9.17) is 0 Å². The summed E-state index contributed by atoms with van der Waals surface area (Å²) in [5.74, 6) is 0. The largest absolute Gasteiger partial charge is 0.264 e. The van der Waals surface area contributed by atoms with Gasteiger partial charge in [0, 0.05) is 18.8 Å². The molecule has 1 heteroatoms. The summed E-state index contributed by atoms with van der Waals surface area (Å²) in [5.41, 5.74) is 6.96. The van der Waals surface area contributed by atoms with Crippen LogP contribution in [0, 0.1) is 6.92 Å². The fourth-order valence-corrected chi connectivity index (χ4v) is 2.21. The monoisotopic (exact) mass is 181 g/mol. The molecule has 1 aliphatic carbocycles. The quantitative estimate of drug-likeness (QED) is 0.519. The van der Waals surface area contributed by atoms with Crippen LogP contribution < -0.4 is 0 Å². The number of benzene rings is 1. The van der Waals surface area contributed by atoms with Gasteiger partial charge in [-0.15, -0.1) is 0 Å². The predicted molar refractivity (Wildman–Crippen MR) is 57.2 cm³/mol. The molecule has 2 aromatic rings. The normalized spacial score (nSPS) is 12.4. The average molecular weight is 181 g/mol. The lowest BCUT2D eigenvalue weighted by Crippen LogP contribution is -1.84. The van der Waals surface area contributed by atoms with Crippen LogP contribution in [0.4, 0.5) is 0 Å². The van der Waals surface area contributed by atoms with Gasteiger partial charge < -0.3 is 0 Å². The molecule has 0 radical (unpaired) electrons. The Kier molecular flexibility index (Phi) is 1.48. The summed E-state index contributed by atoms with van der Waals surface area (Å²) in [6.07, 6.45) is 4.90. The molecule has 3 rings (SSSR count). The Labute approximate surface area is 83.4 Å². The fourth-order valence-electron chi connectivity index (χ4n) is 2.21. The predicted octanol–water partition coefficient (Wildman–Crippen LogP) is 2.96. The maximum Gasteiger partial charge on any atom is 0.0309 e. The van der Waals surface area contributed by atoms with Gasteiger partial charge >= 0.3 is 0 Å². The van der Waals surface area contributed by atoms with Crippen LogP contribution in [-0.4, -0.2) is 4.98 Å². The number of aromatic nitrogens is 1. The zero-order valence-corrected chi connectivity index (χ0v) is 8.12. The minimum absolute atomic E-state index is 1.05. The lowest BCUT2D eigenvalue weighted by Gasteiger charge is -2.02. The summed E-state index contributed by atoms with van der Waals surface area (Å²) >= 11 is 0. The minimum atomic E-state index is 1.05. The average Bonchev–Trinajstić information content (AvgIpc) is 2.59. The molecule has 1 nitrogen and oxygen atoms in total. The molecule has 0 spiro atoms. The number of hydrogen-bond donors (Lipinski definition) is 0. The van der Waals surface area contributed by atoms with E-state index in [-0.39, 0.29) is 0 Å². The Hall–Kier alpha value is -1.63. The van der Waals surface area contributed by atoms with Gasteiger partial charge in [-0.25, -0.2) is 0 Å². The highest BCUT2D eigenvalue weighted by Gasteiger charge is 2.18. The first-order valence-corrected chi connectivity index (χ1v) is 4.88. The number of hydrogen-bond acceptors (Lipinski definition) is 1. The zero-order valence-electron chi connectivity index (χ0n) is 8.12. The van der Waals surface area contributed by atoms with E-state index in [1.165, 1.54) is 27.8 Å². The van der Waals surface area contributed by atoms with Gasteiger partial charge in [0.1, 0.15) is 0 Å². The van der Waals surface area contributed by atoms with Crippen LogP contribution in [0.5, 0.6) is 0 Å². The molecule has 0 bridgehead atoms. The Morgan fingerprint density at radius 1 is 1.14 bits per heavy atom. The smallest absolute Gasteiger partial charge is 0.0309 e. The molecule has 1 aliphatic rings.